The summed E-state index contributed by atoms with van der Waals surface area (Å²) in [7, 11) is -4.35. The highest BCUT2D eigenvalue weighted by Crippen LogP contribution is 2.68. The number of fused-ring (bicyclic) bond motifs is 5. The van der Waals surface area contributed by atoms with E-state index in [4.69, 9.17) is 8.74 Å². The standard InChI is InChI=1S/C22H36O4S/c1-14(2)18-7-8-19-17-6-5-15-13-16(26-27(23,24)25)9-11-21(15,3)20(17)10-12-22(18,19)4/h15-20H,1,5-13H2,2-4H3,(H,23,24,25). The van der Waals surface area contributed by atoms with Gasteiger partial charge in [-0.3, -0.25) is 4.55 Å². The van der Waals surface area contributed by atoms with Crippen LogP contribution in [0.25, 0.3) is 0 Å². The Hall–Kier alpha value is -0.390. The fourth-order valence-corrected chi connectivity index (χ4v) is 8.81. The van der Waals surface area contributed by atoms with Crippen molar-refractivity contribution in [3.8, 4) is 0 Å². The van der Waals surface area contributed by atoms with E-state index in [9.17, 15) is 8.42 Å². The van der Waals surface area contributed by atoms with Gasteiger partial charge in [0.2, 0.25) is 0 Å². The lowest BCUT2D eigenvalue weighted by molar-refractivity contribution is -0.122. The molecule has 4 saturated carbocycles. The van der Waals surface area contributed by atoms with E-state index >= 15 is 0 Å². The Labute approximate surface area is 165 Å². The minimum Gasteiger partial charge on any atom is -0.264 e. The summed E-state index contributed by atoms with van der Waals surface area (Å²) < 4.78 is 36.3. The average Bonchev–Trinajstić information content (AvgIpc) is 2.91. The van der Waals surface area contributed by atoms with Gasteiger partial charge in [0, 0.05) is 0 Å². The predicted molar refractivity (Wildman–Crippen MR) is 106 cm³/mol. The second-order valence-electron chi connectivity index (χ2n) is 10.6. The Kier molecular flexibility index (Phi) is 4.84. The summed E-state index contributed by atoms with van der Waals surface area (Å²) in [6, 6.07) is 0. The Balaban J connectivity index is 1.53. The minimum atomic E-state index is -4.35. The third-order valence-corrected chi connectivity index (χ3v) is 9.99. The summed E-state index contributed by atoms with van der Waals surface area (Å²) in [5, 5.41) is 0. The molecule has 0 aromatic heterocycles. The molecule has 5 heteroatoms. The molecule has 4 aliphatic carbocycles. The van der Waals surface area contributed by atoms with Crippen LogP contribution in [0.3, 0.4) is 0 Å². The summed E-state index contributed by atoms with van der Waals surface area (Å²) in [5.41, 5.74) is 2.10. The van der Waals surface area contributed by atoms with Crippen molar-refractivity contribution in [3.05, 3.63) is 12.2 Å². The van der Waals surface area contributed by atoms with Gasteiger partial charge in [-0.2, -0.15) is 8.42 Å². The minimum absolute atomic E-state index is 0.296. The fourth-order valence-electron chi connectivity index (χ4n) is 8.29. The SMILES string of the molecule is C=C(C)C1CCC2C3CCC4CC(OS(=O)(=O)O)CCC4(C)C3CCC12C. The molecule has 0 heterocycles. The molecule has 0 aliphatic heterocycles. The zero-order valence-electron chi connectivity index (χ0n) is 17.1. The van der Waals surface area contributed by atoms with Crippen LogP contribution in [0.4, 0.5) is 0 Å². The highest BCUT2D eigenvalue weighted by atomic mass is 32.3. The van der Waals surface area contributed by atoms with E-state index in [0.29, 0.717) is 22.7 Å². The lowest BCUT2D eigenvalue weighted by atomic mass is 9.44. The van der Waals surface area contributed by atoms with Gasteiger partial charge in [0.25, 0.3) is 0 Å². The van der Waals surface area contributed by atoms with Crippen LogP contribution in [-0.2, 0) is 14.6 Å². The van der Waals surface area contributed by atoms with Gasteiger partial charge >= 0.3 is 10.4 Å². The van der Waals surface area contributed by atoms with Crippen LogP contribution in [0.1, 0.15) is 78.6 Å². The van der Waals surface area contributed by atoms with E-state index in [-0.39, 0.29) is 6.10 Å². The third kappa shape index (κ3) is 3.22. The second kappa shape index (κ2) is 6.56. The topological polar surface area (TPSA) is 63.6 Å². The molecule has 27 heavy (non-hydrogen) atoms. The van der Waals surface area contributed by atoms with E-state index in [1.165, 1.54) is 44.1 Å². The first-order chi connectivity index (χ1) is 12.5. The van der Waals surface area contributed by atoms with Crippen LogP contribution in [0, 0.1) is 40.4 Å². The maximum absolute atomic E-state index is 11.1. The van der Waals surface area contributed by atoms with Crippen molar-refractivity contribution in [2.45, 2.75) is 84.7 Å². The normalized spacial score (nSPS) is 49.8. The van der Waals surface area contributed by atoms with Crippen LogP contribution in [0.15, 0.2) is 12.2 Å². The molecule has 4 rings (SSSR count). The van der Waals surface area contributed by atoms with Gasteiger partial charge in [0.05, 0.1) is 6.10 Å². The molecule has 0 amide bonds. The molecule has 4 fully saturated rings. The first-order valence-electron chi connectivity index (χ1n) is 10.9. The number of rotatable bonds is 3. The Morgan fingerprint density at radius 2 is 1.67 bits per heavy atom. The van der Waals surface area contributed by atoms with Crippen molar-refractivity contribution in [2.24, 2.45) is 40.4 Å². The molecule has 4 nitrogen and oxygen atoms in total. The van der Waals surface area contributed by atoms with Crippen molar-refractivity contribution in [1.82, 2.24) is 0 Å². The van der Waals surface area contributed by atoms with Crippen molar-refractivity contribution in [2.75, 3.05) is 0 Å². The number of hydrogen-bond acceptors (Lipinski definition) is 3. The molecule has 4 aliphatic rings. The first kappa shape index (κ1) is 19.9. The van der Waals surface area contributed by atoms with Crippen LogP contribution in [0.5, 0.6) is 0 Å². The first-order valence-corrected chi connectivity index (χ1v) is 12.2. The monoisotopic (exact) mass is 396 g/mol. The maximum atomic E-state index is 11.1. The van der Waals surface area contributed by atoms with Crippen LogP contribution in [-0.4, -0.2) is 19.1 Å². The van der Waals surface area contributed by atoms with E-state index in [1.54, 1.807) is 0 Å². The molecular formula is C22H36O4S. The lowest BCUT2D eigenvalue weighted by Gasteiger charge is -2.61. The van der Waals surface area contributed by atoms with Crippen LogP contribution < -0.4 is 0 Å². The van der Waals surface area contributed by atoms with Crippen molar-refractivity contribution in [1.29, 1.82) is 0 Å². The maximum Gasteiger partial charge on any atom is 0.397 e. The molecule has 0 saturated heterocycles. The second-order valence-corrected chi connectivity index (χ2v) is 11.6. The largest absolute Gasteiger partial charge is 0.397 e. The van der Waals surface area contributed by atoms with E-state index in [0.717, 1.165) is 37.0 Å². The molecule has 0 radical (unpaired) electrons. The zero-order valence-corrected chi connectivity index (χ0v) is 17.9. The van der Waals surface area contributed by atoms with Gasteiger partial charge in [-0.05, 0) is 105 Å². The molecule has 8 atom stereocenters. The van der Waals surface area contributed by atoms with Gasteiger partial charge in [-0.15, -0.1) is 0 Å². The Morgan fingerprint density at radius 3 is 2.33 bits per heavy atom. The number of hydrogen-bond donors (Lipinski definition) is 1. The van der Waals surface area contributed by atoms with Crippen molar-refractivity contribution < 1.29 is 17.2 Å². The predicted octanol–water partition coefficient (Wildman–Crippen LogP) is 5.41. The van der Waals surface area contributed by atoms with E-state index in [1.807, 2.05) is 0 Å². The summed E-state index contributed by atoms with van der Waals surface area (Å²) in [5.74, 6) is 3.59. The number of allylic oxidation sites excluding steroid dienone is 1. The third-order valence-electron chi connectivity index (χ3n) is 9.47. The van der Waals surface area contributed by atoms with Crippen LogP contribution >= 0.6 is 0 Å². The molecule has 8 unspecified atom stereocenters. The van der Waals surface area contributed by atoms with Gasteiger partial charge in [-0.1, -0.05) is 26.0 Å². The van der Waals surface area contributed by atoms with Crippen molar-refractivity contribution >= 4 is 10.4 Å². The summed E-state index contributed by atoms with van der Waals surface area (Å²) in [6.07, 6.45) is 9.91. The molecule has 0 aromatic rings. The molecular weight excluding hydrogens is 360 g/mol. The quantitative estimate of drug-likeness (QED) is 0.512. The smallest absolute Gasteiger partial charge is 0.264 e. The van der Waals surface area contributed by atoms with E-state index < -0.39 is 10.4 Å². The zero-order chi connectivity index (χ0) is 19.6. The van der Waals surface area contributed by atoms with Crippen LogP contribution in [0.2, 0.25) is 0 Å². The summed E-state index contributed by atoms with van der Waals surface area (Å²) in [4.78, 5) is 0. The summed E-state index contributed by atoms with van der Waals surface area (Å²) >= 11 is 0. The van der Waals surface area contributed by atoms with Gasteiger partial charge in [0.15, 0.2) is 0 Å². The Bertz CT molecular complexity index is 716. The van der Waals surface area contributed by atoms with Gasteiger partial charge in [0.1, 0.15) is 0 Å². The molecule has 0 spiro atoms. The Morgan fingerprint density at radius 1 is 1.00 bits per heavy atom. The molecule has 1 N–H and O–H groups in total. The van der Waals surface area contributed by atoms with Crippen molar-refractivity contribution in [3.63, 3.8) is 0 Å². The molecule has 0 bridgehead atoms. The fraction of sp³-hybridized carbons (Fsp3) is 0.909. The lowest BCUT2D eigenvalue weighted by Crippen LogP contribution is -2.54. The van der Waals surface area contributed by atoms with Gasteiger partial charge in [-0.25, -0.2) is 4.18 Å². The molecule has 154 valence electrons. The summed E-state index contributed by atoms with van der Waals surface area (Å²) in [6.45, 7) is 11.5. The van der Waals surface area contributed by atoms with Gasteiger partial charge < -0.3 is 0 Å². The molecule has 0 aromatic carbocycles. The van der Waals surface area contributed by atoms with E-state index in [2.05, 4.69) is 27.4 Å². The highest BCUT2D eigenvalue weighted by molar-refractivity contribution is 7.80. The average molecular weight is 397 g/mol. The highest BCUT2D eigenvalue weighted by Gasteiger charge is 2.60.